The summed E-state index contributed by atoms with van der Waals surface area (Å²) in [5.74, 6) is -0.208. The summed E-state index contributed by atoms with van der Waals surface area (Å²) in [5, 5.41) is 7.58. The van der Waals surface area contributed by atoms with Crippen LogP contribution < -0.4 is 0 Å². The Labute approximate surface area is 106 Å². The van der Waals surface area contributed by atoms with Crippen molar-refractivity contribution in [1.82, 2.24) is 15.1 Å². The molecule has 0 unspecified atom stereocenters. The van der Waals surface area contributed by atoms with Crippen LogP contribution in [0, 0.1) is 0 Å². The van der Waals surface area contributed by atoms with Crippen LogP contribution >= 0.6 is 0 Å². The number of aromatic nitrogens is 2. The molecular formula is C12H18FN3O2. The van der Waals surface area contributed by atoms with Gasteiger partial charge in [-0.2, -0.15) is 0 Å². The van der Waals surface area contributed by atoms with Gasteiger partial charge in [-0.3, -0.25) is 0 Å². The topological polar surface area (TPSA) is 51.4 Å². The molecule has 5 nitrogen and oxygen atoms in total. The van der Waals surface area contributed by atoms with Gasteiger partial charge in [-0.25, -0.2) is 4.39 Å². The summed E-state index contributed by atoms with van der Waals surface area (Å²) in [5.41, 5.74) is 0.514. The zero-order valence-electron chi connectivity index (χ0n) is 11.1. The molecule has 2 atom stereocenters. The van der Waals surface area contributed by atoms with E-state index in [0.29, 0.717) is 18.0 Å². The van der Waals surface area contributed by atoms with Gasteiger partial charge in [0.1, 0.15) is 6.10 Å². The number of rotatable bonds is 2. The second-order valence-electron chi connectivity index (χ2n) is 4.92. The molecule has 0 radical (unpaired) electrons. The fourth-order valence-corrected chi connectivity index (χ4v) is 1.97. The summed E-state index contributed by atoms with van der Waals surface area (Å²) >= 11 is 0. The Bertz CT molecular complexity index is 444. The van der Waals surface area contributed by atoms with Crippen molar-refractivity contribution in [2.24, 2.45) is 0 Å². The van der Waals surface area contributed by atoms with Crippen LogP contribution in [0.15, 0.2) is 9.99 Å². The first-order chi connectivity index (χ1) is 8.47. The van der Waals surface area contributed by atoms with Crippen molar-refractivity contribution in [1.29, 1.82) is 0 Å². The first-order valence-electron chi connectivity index (χ1n) is 5.98. The number of morpholine rings is 1. The Balaban J connectivity index is 2.17. The summed E-state index contributed by atoms with van der Waals surface area (Å²) < 4.78 is 24.7. The lowest BCUT2D eigenvalue weighted by molar-refractivity contribution is -0.0824. The minimum atomic E-state index is -0.467. The Kier molecular flexibility index (Phi) is 3.77. The molecule has 0 spiro atoms. The number of hydrogen-bond acceptors (Lipinski definition) is 5. The fraction of sp³-hybridized carbons (Fsp3) is 0.667. The van der Waals surface area contributed by atoms with E-state index in [1.54, 1.807) is 13.8 Å². The highest BCUT2D eigenvalue weighted by atomic mass is 19.1. The molecule has 0 bridgehead atoms. The van der Waals surface area contributed by atoms with Gasteiger partial charge < -0.3 is 14.1 Å². The van der Waals surface area contributed by atoms with E-state index in [2.05, 4.69) is 15.1 Å². The number of hydrogen-bond donors (Lipinski definition) is 0. The van der Waals surface area contributed by atoms with Gasteiger partial charge in [0.25, 0.3) is 5.89 Å². The maximum Gasteiger partial charge on any atom is 0.276 e. The molecule has 1 aromatic heterocycles. The lowest BCUT2D eigenvalue weighted by atomic mass is 10.2. The summed E-state index contributed by atoms with van der Waals surface area (Å²) in [6, 6.07) is 0. The Morgan fingerprint density at radius 3 is 2.67 bits per heavy atom. The van der Waals surface area contributed by atoms with Gasteiger partial charge in [0.15, 0.2) is 5.83 Å². The highest BCUT2D eigenvalue weighted by Crippen LogP contribution is 2.26. The zero-order chi connectivity index (χ0) is 13.3. The lowest BCUT2D eigenvalue weighted by Crippen LogP contribution is -2.40. The quantitative estimate of drug-likeness (QED) is 0.810. The largest absolute Gasteiger partial charge is 0.416 e. The van der Waals surface area contributed by atoms with Crippen molar-refractivity contribution >= 4 is 5.83 Å². The van der Waals surface area contributed by atoms with Gasteiger partial charge in [0, 0.05) is 13.1 Å². The molecule has 0 amide bonds. The maximum absolute atomic E-state index is 13.6. The van der Waals surface area contributed by atoms with Crippen LogP contribution in [-0.2, 0) is 4.74 Å². The Morgan fingerprint density at radius 1 is 1.33 bits per heavy atom. The van der Waals surface area contributed by atoms with Crippen molar-refractivity contribution in [3.63, 3.8) is 0 Å². The summed E-state index contributed by atoms with van der Waals surface area (Å²) in [4.78, 5) is 2.12. The monoisotopic (exact) mass is 255 g/mol. The predicted octanol–water partition coefficient (Wildman–Crippen LogP) is 2.18. The first-order valence-corrected chi connectivity index (χ1v) is 5.98. The van der Waals surface area contributed by atoms with Crippen molar-refractivity contribution in [3.05, 3.63) is 17.4 Å². The van der Waals surface area contributed by atoms with E-state index in [4.69, 9.17) is 9.15 Å². The molecule has 1 fully saturated rings. The van der Waals surface area contributed by atoms with Crippen molar-refractivity contribution < 1.29 is 13.5 Å². The lowest BCUT2D eigenvalue weighted by Gasteiger charge is -2.32. The van der Waals surface area contributed by atoms with Crippen LogP contribution in [-0.4, -0.2) is 41.3 Å². The number of halogens is 1. The normalized spacial score (nSPS) is 25.2. The number of nitrogens with zero attached hydrogens (tertiary/aromatic N) is 3. The van der Waals surface area contributed by atoms with Crippen molar-refractivity contribution in [2.75, 3.05) is 20.1 Å². The SMILES string of the molecule is CC(C)=C(F)c1nnc([C@H]2CN(C)C[C@@H](C)O2)o1. The molecule has 2 heterocycles. The number of allylic oxidation sites excluding steroid dienone is 1. The van der Waals surface area contributed by atoms with Crippen LogP contribution in [0.3, 0.4) is 0 Å². The standard InChI is InChI=1S/C12H18FN3O2/c1-7(2)10(13)12-15-14-11(18-12)9-6-16(4)5-8(3)17-9/h8-9H,5-6H2,1-4H3/t8-,9-/m1/s1. The Morgan fingerprint density at radius 2 is 2.06 bits per heavy atom. The molecule has 1 aromatic rings. The van der Waals surface area contributed by atoms with E-state index in [1.165, 1.54) is 0 Å². The number of likely N-dealkylation sites (N-methyl/N-ethyl adjacent to an activating group) is 1. The van der Waals surface area contributed by atoms with Crippen LogP contribution in [0.25, 0.3) is 5.83 Å². The highest BCUT2D eigenvalue weighted by molar-refractivity contribution is 5.53. The second-order valence-corrected chi connectivity index (χ2v) is 4.92. The predicted molar refractivity (Wildman–Crippen MR) is 64.5 cm³/mol. The summed E-state index contributed by atoms with van der Waals surface area (Å²) in [6.45, 7) is 6.83. The molecule has 0 N–H and O–H groups in total. The van der Waals surface area contributed by atoms with Gasteiger partial charge in [-0.1, -0.05) is 0 Å². The zero-order valence-corrected chi connectivity index (χ0v) is 11.1. The number of ether oxygens (including phenoxy) is 1. The third kappa shape index (κ3) is 2.76. The molecule has 0 aromatic carbocycles. The summed E-state index contributed by atoms with van der Waals surface area (Å²) in [7, 11) is 2.00. The van der Waals surface area contributed by atoms with Gasteiger partial charge in [0.05, 0.1) is 6.10 Å². The molecule has 1 saturated heterocycles. The minimum Gasteiger partial charge on any atom is -0.416 e. The van der Waals surface area contributed by atoms with Gasteiger partial charge >= 0.3 is 0 Å². The van der Waals surface area contributed by atoms with E-state index in [9.17, 15) is 4.39 Å². The molecule has 2 rings (SSSR count). The van der Waals surface area contributed by atoms with E-state index in [-0.39, 0.29) is 18.1 Å². The Hall–Kier alpha value is -1.27. The minimum absolute atomic E-state index is 0.0746. The molecule has 100 valence electrons. The van der Waals surface area contributed by atoms with Crippen LogP contribution in [0.2, 0.25) is 0 Å². The molecule has 1 aliphatic rings. The fourth-order valence-electron chi connectivity index (χ4n) is 1.97. The molecule has 0 saturated carbocycles. The van der Waals surface area contributed by atoms with Gasteiger partial charge in [-0.15, -0.1) is 10.2 Å². The average molecular weight is 255 g/mol. The van der Waals surface area contributed by atoms with Crippen LogP contribution in [0.4, 0.5) is 4.39 Å². The van der Waals surface area contributed by atoms with Crippen LogP contribution in [0.5, 0.6) is 0 Å². The molecule has 0 aliphatic carbocycles. The summed E-state index contributed by atoms with van der Waals surface area (Å²) in [6.07, 6.45) is -0.192. The molecule has 18 heavy (non-hydrogen) atoms. The third-order valence-corrected chi connectivity index (χ3v) is 2.79. The van der Waals surface area contributed by atoms with Crippen molar-refractivity contribution in [2.45, 2.75) is 33.0 Å². The first kappa shape index (κ1) is 13.2. The molecule has 6 heteroatoms. The van der Waals surface area contributed by atoms with E-state index in [1.807, 2.05) is 14.0 Å². The van der Waals surface area contributed by atoms with E-state index in [0.717, 1.165) is 6.54 Å². The highest BCUT2D eigenvalue weighted by Gasteiger charge is 2.29. The smallest absolute Gasteiger partial charge is 0.276 e. The van der Waals surface area contributed by atoms with Gasteiger partial charge in [0.2, 0.25) is 5.89 Å². The van der Waals surface area contributed by atoms with Gasteiger partial charge in [-0.05, 0) is 33.4 Å². The second kappa shape index (κ2) is 5.16. The molecular weight excluding hydrogens is 237 g/mol. The van der Waals surface area contributed by atoms with E-state index >= 15 is 0 Å². The third-order valence-electron chi connectivity index (χ3n) is 2.79. The van der Waals surface area contributed by atoms with E-state index < -0.39 is 5.83 Å². The van der Waals surface area contributed by atoms with Crippen LogP contribution in [0.1, 0.15) is 38.7 Å². The van der Waals surface area contributed by atoms with Crippen molar-refractivity contribution in [3.8, 4) is 0 Å². The molecule has 1 aliphatic heterocycles. The average Bonchev–Trinajstić information content (AvgIpc) is 2.75. The maximum atomic E-state index is 13.6.